The van der Waals surface area contributed by atoms with Crippen molar-refractivity contribution in [1.29, 1.82) is 0 Å². The molecule has 11 nitrogen and oxygen atoms in total. The van der Waals surface area contributed by atoms with Crippen molar-refractivity contribution in [3.8, 4) is 28.7 Å². The first-order chi connectivity index (χ1) is 16.2. The number of nitrogens with zero attached hydrogens (tertiary/aromatic N) is 9. The summed E-state index contributed by atoms with van der Waals surface area (Å²) in [5.41, 5.74) is 8.39. The topological polar surface area (TPSA) is 147 Å². The van der Waals surface area contributed by atoms with Gasteiger partial charge < -0.3 is 10.3 Å². The van der Waals surface area contributed by atoms with Crippen molar-refractivity contribution >= 4 is 5.95 Å². The third kappa shape index (κ3) is 3.30. The lowest BCUT2D eigenvalue weighted by Crippen LogP contribution is -2.36. The van der Waals surface area contributed by atoms with E-state index in [1.54, 1.807) is 48.1 Å². The quantitative estimate of drug-likeness (QED) is 0.434. The van der Waals surface area contributed by atoms with Crippen molar-refractivity contribution in [3.05, 3.63) is 73.2 Å². The maximum absolute atomic E-state index is 5.57. The Labute approximate surface area is 187 Å². The number of nitrogens with two attached hydrogens (primary N) is 1. The van der Waals surface area contributed by atoms with E-state index in [2.05, 4.69) is 40.0 Å². The maximum Gasteiger partial charge on any atom is 0.278 e. The number of rotatable bonds is 5. The fourth-order valence-electron chi connectivity index (χ4n) is 3.97. The van der Waals surface area contributed by atoms with Gasteiger partial charge in [0.2, 0.25) is 5.95 Å². The van der Waals surface area contributed by atoms with Crippen LogP contribution in [0.5, 0.6) is 0 Å². The molecule has 0 spiro atoms. The minimum atomic E-state index is -0.324. The van der Waals surface area contributed by atoms with E-state index >= 15 is 0 Å². The van der Waals surface area contributed by atoms with Crippen molar-refractivity contribution in [2.24, 2.45) is 0 Å². The molecule has 1 saturated carbocycles. The molecular formula is C22H18N10O. The van der Waals surface area contributed by atoms with E-state index in [0.717, 1.165) is 36.1 Å². The number of pyridine rings is 1. The van der Waals surface area contributed by atoms with Crippen LogP contribution in [0.1, 0.15) is 30.7 Å². The normalized spacial score (nSPS) is 14.7. The molecule has 33 heavy (non-hydrogen) atoms. The molecule has 0 atom stereocenters. The zero-order valence-corrected chi connectivity index (χ0v) is 17.4. The summed E-state index contributed by atoms with van der Waals surface area (Å²) in [7, 11) is 0. The zero-order valence-electron chi connectivity index (χ0n) is 17.4. The SMILES string of the molecule is Nc1ncc(-c2ccc(C3(c4noc(-c5cnc(-n6ccnc6)cn5)n4)CCC3)cn2)cn1. The number of imidazole rings is 1. The molecule has 5 aromatic heterocycles. The second kappa shape index (κ2) is 7.55. The van der Waals surface area contributed by atoms with Crippen LogP contribution in [0.2, 0.25) is 0 Å². The largest absolute Gasteiger partial charge is 0.368 e. The van der Waals surface area contributed by atoms with Crippen molar-refractivity contribution in [2.45, 2.75) is 24.7 Å². The molecule has 0 amide bonds. The van der Waals surface area contributed by atoms with Gasteiger partial charge in [0.15, 0.2) is 11.6 Å². The van der Waals surface area contributed by atoms with Crippen LogP contribution in [0.3, 0.4) is 0 Å². The molecule has 5 heterocycles. The van der Waals surface area contributed by atoms with Gasteiger partial charge in [-0.2, -0.15) is 4.98 Å². The number of anilines is 1. The van der Waals surface area contributed by atoms with E-state index in [1.165, 1.54) is 0 Å². The van der Waals surface area contributed by atoms with Gasteiger partial charge in [0, 0.05) is 36.5 Å². The first kappa shape index (κ1) is 19.2. The molecule has 0 aliphatic heterocycles. The van der Waals surface area contributed by atoms with E-state index in [1.807, 2.05) is 18.3 Å². The van der Waals surface area contributed by atoms with Crippen molar-refractivity contribution < 1.29 is 4.52 Å². The van der Waals surface area contributed by atoms with E-state index in [0.29, 0.717) is 23.2 Å². The Bertz CT molecular complexity index is 1370. The molecule has 0 bridgehead atoms. The summed E-state index contributed by atoms with van der Waals surface area (Å²) in [6, 6.07) is 4.00. The summed E-state index contributed by atoms with van der Waals surface area (Å²) in [5, 5.41) is 4.29. The lowest BCUT2D eigenvalue weighted by molar-refractivity contribution is 0.272. The first-order valence-electron chi connectivity index (χ1n) is 10.4. The van der Waals surface area contributed by atoms with Crippen LogP contribution < -0.4 is 5.73 Å². The van der Waals surface area contributed by atoms with Gasteiger partial charge in [-0.05, 0) is 24.5 Å². The zero-order chi connectivity index (χ0) is 22.3. The highest BCUT2D eigenvalue weighted by atomic mass is 16.5. The number of hydrogen-bond donors (Lipinski definition) is 1. The molecule has 2 N–H and O–H groups in total. The molecule has 11 heteroatoms. The van der Waals surface area contributed by atoms with Crippen LogP contribution in [0.25, 0.3) is 28.7 Å². The van der Waals surface area contributed by atoms with E-state index < -0.39 is 0 Å². The molecule has 0 unspecified atom stereocenters. The number of hydrogen-bond acceptors (Lipinski definition) is 10. The van der Waals surface area contributed by atoms with Gasteiger partial charge in [0.1, 0.15) is 12.0 Å². The minimum absolute atomic E-state index is 0.234. The monoisotopic (exact) mass is 438 g/mol. The second-order valence-corrected chi connectivity index (χ2v) is 7.85. The van der Waals surface area contributed by atoms with Crippen molar-refractivity contribution in [2.75, 3.05) is 5.73 Å². The van der Waals surface area contributed by atoms with Gasteiger partial charge in [0.25, 0.3) is 5.89 Å². The summed E-state index contributed by atoms with van der Waals surface area (Å²) < 4.78 is 7.33. The second-order valence-electron chi connectivity index (χ2n) is 7.85. The smallest absolute Gasteiger partial charge is 0.278 e. The lowest BCUT2D eigenvalue weighted by atomic mass is 9.64. The van der Waals surface area contributed by atoms with Gasteiger partial charge in [-0.25, -0.2) is 24.9 Å². The van der Waals surface area contributed by atoms with Gasteiger partial charge in [-0.1, -0.05) is 17.6 Å². The summed E-state index contributed by atoms with van der Waals surface area (Å²) in [6.45, 7) is 0. The Morgan fingerprint density at radius 3 is 2.39 bits per heavy atom. The van der Waals surface area contributed by atoms with Crippen LogP contribution >= 0.6 is 0 Å². The molecule has 0 radical (unpaired) electrons. The molecular weight excluding hydrogens is 420 g/mol. The Hall–Kier alpha value is -4.54. The Morgan fingerprint density at radius 2 is 1.76 bits per heavy atom. The molecule has 5 aromatic rings. The third-order valence-electron chi connectivity index (χ3n) is 5.97. The Morgan fingerprint density at radius 1 is 0.909 bits per heavy atom. The van der Waals surface area contributed by atoms with Crippen molar-refractivity contribution in [3.63, 3.8) is 0 Å². The molecule has 1 aliphatic rings. The summed E-state index contributed by atoms with van der Waals surface area (Å²) in [4.78, 5) is 30.2. The highest BCUT2D eigenvalue weighted by Gasteiger charge is 2.45. The van der Waals surface area contributed by atoms with Crippen LogP contribution in [0.15, 0.2) is 66.4 Å². The summed E-state index contributed by atoms with van der Waals surface area (Å²) in [5.74, 6) is 1.86. The minimum Gasteiger partial charge on any atom is -0.368 e. The fourth-order valence-corrected chi connectivity index (χ4v) is 3.97. The first-order valence-corrected chi connectivity index (χ1v) is 10.4. The van der Waals surface area contributed by atoms with Crippen molar-refractivity contribution in [1.82, 2.24) is 44.6 Å². The third-order valence-corrected chi connectivity index (χ3v) is 5.97. The van der Waals surface area contributed by atoms with Gasteiger partial charge in [0.05, 0.1) is 23.5 Å². The number of nitrogen functional groups attached to an aromatic ring is 1. The van der Waals surface area contributed by atoms with Gasteiger partial charge >= 0.3 is 0 Å². The average Bonchev–Trinajstić information content (AvgIpc) is 3.53. The predicted molar refractivity (Wildman–Crippen MR) is 117 cm³/mol. The standard InChI is InChI=1S/C22H18N10O/c23-21-28-8-14(9-29-21)16-3-2-15(10-25-16)22(4-1-5-22)20-30-19(33-31-20)17-11-27-18(12-26-17)32-7-6-24-13-32/h2-3,6-13H,1,4-5H2,(H2,23,28,29). The molecule has 0 saturated heterocycles. The fraction of sp³-hybridized carbons (Fsp3) is 0.182. The van der Waals surface area contributed by atoms with E-state index in [-0.39, 0.29) is 11.4 Å². The Balaban J connectivity index is 1.28. The van der Waals surface area contributed by atoms with Gasteiger partial charge in [-0.15, -0.1) is 0 Å². The summed E-state index contributed by atoms with van der Waals surface area (Å²) in [6.07, 6.45) is 16.5. The van der Waals surface area contributed by atoms with E-state index in [4.69, 9.17) is 10.3 Å². The molecule has 6 rings (SSSR count). The van der Waals surface area contributed by atoms with E-state index in [9.17, 15) is 0 Å². The molecule has 1 aliphatic carbocycles. The highest BCUT2D eigenvalue weighted by Crippen LogP contribution is 2.48. The highest BCUT2D eigenvalue weighted by molar-refractivity contribution is 5.58. The van der Waals surface area contributed by atoms with Crippen LogP contribution in [-0.2, 0) is 5.41 Å². The predicted octanol–water partition coefficient (Wildman–Crippen LogP) is 2.62. The summed E-state index contributed by atoms with van der Waals surface area (Å²) >= 11 is 0. The van der Waals surface area contributed by atoms with Gasteiger partial charge in [-0.3, -0.25) is 9.55 Å². The lowest BCUT2D eigenvalue weighted by Gasteiger charge is -2.39. The van der Waals surface area contributed by atoms with Crippen LogP contribution in [0, 0.1) is 0 Å². The molecule has 0 aromatic carbocycles. The van der Waals surface area contributed by atoms with Crippen LogP contribution in [0.4, 0.5) is 5.95 Å². The molecule has 1 fully saturated rings. The van der Waals surface area contributed by atoms with Crippen LogP contribution in [-0.4, -0.2) is 44.6 Å². The average molecular weight is 438 g/mol. The Kier molecular flexibility index (Phi) is 4.39. The molecule has 162 valence electrons. The number of aromatic nitrogens is 9. The maximum atomic E-state index is 5.57.